The van der Waals surface area contributed by atoms with Crippen LogP contribution in [0.3, 0.4) is 0 Å². The van der Waals surface area contributed by atoms with Gasteiger partial charge in [-0.1, -0.05) is 6.92 Å². The number of piperidine rings is 1. The van der Waals surface area contributed by atoms with Crippen LogP contribution in [0, 0.1) is 0 Å². The van der Waals surface area contributed by atoms with E-state index in [1.165, 1.54) is 11.9 Å². The molecule has 0 amide bonds. The Hall–Kier alpha value is -2.68. The molecule has 0 aromatic carbocycles. The van der Waals surface area contributed by atoms with Crippen molar-refractivity contribution in [2.45, 2.75) is 45.2 Å². The summed E-state index contributed by atoms with van der Waals surface area (Å²) in [6, 6.07) is 0. The monoisotopic (exact) mass is 367 g/mol. The van der Waals surface area contributed by atoms with Crippen LogP contribution in [0.15, 0.2) is 25.0 Å². The Labute approximate surface area is 158 Å². The Balaban J connectivity index is 1.34. The summed E-state index contributed by atoms with van der Waals surface area (Å²) in [4.78, 5) is 15.2. The minimum atomic E-state index is 0.446. The third-order valence-corrected chi connectivity index (χ3v) is 5.20. The molecule has 3 aromatic rings. The molecule has 0 radical (unpaired) electrons. The molecule has 0 atom stereocenters. The number of rotatable bonds is 6. The molecular weight excluding hydrogens is 342 g/mol. The van der Waals surface area contributed by atoms with E-state index in [0.29, 0.717) is 12.5 Å². The number of hydrogen-bond acceptors (Lipinski definition) is 7. The standard InChI is InChI=1S/C18H25N9/c1-3-16-20-8-14(9-21-16)10-26-6-4-15(5-7-26)18-24-23-17(25(18)2)11-27-13-19-12-22-27/h8-9,12-13,15H,3-7,10-11H2,1-2H3. The van der Waals surface area contributed by atoms with Crippen LogP contribution in [-0.2, 0) is 26.6 Å². The summed E-state index contributed by atoms with van der Waals surface area (Å²) in [7, 11) is 2.04. The smallest absolute Gasteiger partial charge is 0.154 e. The molecule has 0 bridgehead atoms. The van der Waals surface area contributed by atoms with Gasteiger partial charge in [-0.25, -0.2) is 19.6 Å². The quantitative estimate of drug-likeness (QED) is 0.646. The predicted octanol–water partition coefficient (Wildman–Crippen LogP) is 1.19. The number of nitrogens with zero attached hydrogens (tertiary/aromatic N) is 9. The van der Waals surface area contributed by atoms with Crippen LogP contribution in [0.1, 0.15) is 48.7 Å². The molecule has 3 aromatic heterocycles. The van der Waals surface area contributed by atoms with E-state index in [4.69, 9.17) is 0 Å². The van der Waals surface area contributed by atoms with E-state index in [-0.39, 0.29) is 0 Å². The highest BCUT2D eigenvalue weighted by Gasteiger charge is 2.25. The van der Waals surface area contributed by atoms with Gasteiger partial charge in [-0.3, -0.25) is 4.90 Å². The normalized spacial score (nSPS) is 16.1. The van der Waals surface area contributed by atoms with Gasteiger partial charge in [-0.15, -0.1) is 10.2 Å². The van der Waals surface area contributed by atoms with Gasteiger partial charge in [-0.2, -0.15) is 5.10 Å². The second-order valence-corrected chi connectivity index (χ2v) is 7.04. The summed E-state index contributed by atoms with van der Waals surface area (Å²) in [5.74, 6) is 3.33. The molecule has 9 heteroatoms. The number of hydrogen-bond donors (Lipinski definition) is 0. The molecule has 0 unspecified atom stereocenters. The topological polar surface area (TPSA) is 90.4 Å². The van der Waals surface area contributed by atoms with Crippen LogP contribution in [0.4, 0.5) is 0 Å². The largest absolute Gasteiger partial charge is 0.316 e. The van der Waals surface area contributed by atoms with E-state index < -0.39 is 0 Å². The van der Waals surface area contributed by atoms with E-state index in [1.807, 2.05) is 19.4 Å². The van der Waals surface area contributed by atoms with Crippen molar-refractivity contribution in [2.75, 3.05) is 13.1 Å². The Bertz CT molecular complexity index is 846. The van der Waals surface area contributed by atoms with Gasteiger partial charge in [0, 0.05) is 43.9 Å². The van der Waals surface area contributed by atoms with Crippen LogP contribution in [-0.4, -0.2) is 57.5 Å². The van der Waals surface area contributed by atoms with E-state index in [1.54, 1.807) is 11.0 Å². The average Bonchev–Trinajstić information content (AvgIpc) is 3.34. The fourth-order valence-electron chi connectivity index (χ4n) is 3.58. The molecule has 27 heavy (non-hydrogen) atoms. The van der Waals surface area contributed by atoms with E-state index in [0.717, 1.165) is 56.4 Å². The lowest BCUT2D eigenvalue weighted by Crippen LogP contribution is -2.33. The van der Waals surface area contributed by atoms with Gasteiger partial charge in [-0.05, 0) is 25.9 Å². The molecule has 142 valence electrons. The second-order valence-electron chi connectivity index (χ2n) is 7.04. The van der Waals surface area contributed by atoms with Crippen molar-refractivity contribution in [1.82, 2.24) is 44.4 Å². The maximum Gasteiger partial charge on any atom is 0.154 e. The fraction of sp³-hybridized carbons (Fsp3) is 0.556. The second kappa shape index (κ2) is 7.91. The molecule has 1 aliphatic rings. The van der Waals surface area contributed by atoms with Crippen molar-refractivity contribution in [3.63, 3.8) is 0 Å². The van der Waals surface area contributed by atoms with Crippen molar-refractivity contribution in [1.29, 1.82) is 0 Å². The summed E-state index contributed by atoms with van der Waals surface area (Å²) in [5.41, 5.74) is 1.18. The van der Waals surface area contributed by atoms with Crippen LogP contribution < -0.4 is 0 Å². The lowest BCUT2D eigenvalue weighted by atomic mass is 9.95. The highest BCUT2D eigenvalue weighted by Crippen LogP contribution is 2.27. The molecular formula is C18H25N9. The summed E-state index contributed by atoms with van der Waals surface area (Å²) >= 11 is 0. The van der Waals surface area contributed by atoms with E-state index in [9.17, 15) is 0 Å². The van der Waals surface area contributed by atoms with Crippen LogP contribution >= 0.6 is 0 Å². The van der Waals surface area contributed by atoms with Crippen LogP contribution in [0.5, 0.6) is 0 Å². The predicted molar refractivity (Wildman–Crippen MR) is 98.8 cm³/mol. The molecule has 1 aliphatic heterocycles. The molecule has 0 spiro atoms. The van der Waals surface area contributed by atoms with Gasteiger partial charge in [0.25, 0.3) is 0 Å². The molecule has 4 rings (SSSR count). The van der Waals surface area contributed by atoms with Gasteiger partial charge in [0.1, 0.15) is 30.8 Å². The van der Waals surface area contributed by atoms with E-state index in [2.05, 4.69) is 46.6 Å². The zero-order valence-electron chi connectivity index (χ0n) is 15.9. The van der Waals surface area contributed by atoms with Crippen molar-refractivity contribution < 1.29 is 0 Å². The summed E-state index contributed by atoms with van der Waals surface area (Å²) in [5, 5.41) is 13.0. The van der Waals surface area contributed by atoms with Crippen molar-refractivity contribution >= 4 is 0 Å². The van der Waals surface area contributed by atoms with Crippen LogP contribution in [0.25, 0.3) is 0 Å². The Morgan fingerprint density at radius 1 is 1.07 bits per heavy atom. The Morgan fingerprint density at radius 2 is 1.85 bits per heavy atom. The van der Waals surface area contributed by atoms with Gasteiger partial charge in [0.15, 0.2) is 5.82 Å². The Kier molecular flexibility index (Phi) is 5.19. The third kappa shape index (κ3) is 4.02. The van der Waals surface area contributed by atoms with Crippen molar-refractivity contribution in [2.24, 2.45) is 7.05 Å². The van der Waals surface area contributed by atoms with Gasteiger partial charge in [0.2, 0.25) is 0 Å². The van der Waals surface area contributed by atoms with E-state index >= 15 is 0 Å². The first-order valence-corrected chi connectivity index (χ1v) is 9.45. The summed E-state index contributed by atoms with van der Waals surface area (Å²) in [6.07, 6.45) is 10.2. The van der Waals surface area contributed by atoms with Crippen molar-refractivity contribution in [3.8, 4) is 0 Å². The molecule has 1 saturated heterocycles. The minimum Gasteiger partial charge on any atom is -0.316 e. The molecule has 9 nitrogen and oxygen atoms in total. The van der Waals surface area contributed by atoms with Crippen molar-refractivity contribution in [3.05, 3.63) is 48.1 Å². The number of aromatic nitrogens is 8. The SMILES string of the molecule is CCc1ncc(CN2CCC(c3nnc(Cn4cncn4)n3C)CC2)cn1. The lowest BCUT2D eigenvalue weighted by Gasteiger charge is -2.31. The zero-order valence-corrected chi connectivity index (χ0v) is 15.9. The highest BCUT2D eigenvalue weighted by atomic mass is 15.4. The number of aryl methyl sites for hydroxylation is 1. The molecule has 0 aliphatic carbocycles. The Morgan fingerprint density at radius 3 is 2.52 bits per heavy atom. The number of likely N-dealkylation sites (tertiary alicyclic amines) is 1. The summed E-state index contributed by atoms with van der Waals surface area (Å²) in [6.45, 7) is 5.67. The maximum absolute atomic E-state index is 4.46. The van der Waals surface area contributed by atoms with Gasteiger partial charge >= 0.3 is 0 Å². The summed E-state index contributed by atoms with van der Waals surface area (Å²) < 4.78 is 3.88. The molecule has 0 N–H and O–H groups in total. The first-order valence-electron chi connectivity index (χ1n) is 9.45. The van der Waals surface area contributed by atoms with Gasteiger partial charge < -0.3 is 4.57 Å². The maximum atomic E-state index is 4.46. The first-order chi connectivity index (χ1) is 13.2. The first kappa shape index (κ1) is 17.7. The fourth-order valence-corrected chi connectivity index (χ4v) is 3.58. The van der Waals surface area contributed by atoms with Crippen LogP contribution in [0.2, 0.25) is 0 Å². The highest BCUT2D eigenvalue weighted by molar-refractivity contribution is 5.07. The molecule has 1 fully saturated rings. The van der Waals surface area contributed by atoms with Gasteiger partial charge in [0.05, 0.1) is 0 Å². The lowest BCUT2D eigenvalue weighted by molar-refractivity contribution is 0.200. The third-order valence-electron chi connectivity index (χ3n) is 5.20. The minimum absolute atomic E-state index is 0.446. The average molecular weight is 367 g/mol. The molecule has 0 saturated carbocycles. The molecule has 4 heterocycles. The zero-order chi connectivity index (χ0) is 18.6.